The van der Waals surface area contributed by atoms with Crippen LogP contribution in [0.15, 0.2) is 22.7 Å². The summed E-state index contributed by atoms with van der Waals surface area (Å²) in [5, 5.41) is 12.1. The van der Waals surface area contributed by atoms with Crippen molar-refractivity contribution in [3.05, 3.63) is 28.2 Å². The van der Waals surface area contributed by atoms with Crippen molar-refractivity contribution in [1.29, 1.82) is 0 Å². The van der Waals surface area contributed by atoms with Crippen molar-refractivity contribution in [3.63, 3.8) is 0 Å². The van der Waals surface area contributed by atoms with Gasteiger partial charge < -0.3 is 16.2 Å². The van der Waals surface area contributed by atoms with Crippen molar-refractivity contribution in [1.82, 2.24) is 5.32 Å². The van der Waals surface area contributed by atoms with Gasteiger partial charge in [-0.25, -0.2) is 0 Å². The van der Waals surface area contributed by atoms with E-state index in [4.69, 9.17) is 5.73 Å². The third-order valence-electron chi connectivity index (χ3n) is 1.94. The normalized spacial score (nSPS) is 11.2. The zero-order valence-electron chi connectivity index (χ0n) is 9.25. The van der Waals surface area contributed by atoms with Gasteiger partial charge in [-0.15, -0.1) is 0 Å². The Bertz CT molecular complexity index is 399. The van der Waals surface area contributed by atoms with Gasteiger partial charge >= 0.3 is 0 Å². The first-order valence-electron chi connectivity index (χ1n) is 4.85. The summed E-state index contributed by atoms with van der Waals surface area (Å²) in [6.45, 7) is 3.42. The van der Waals surface area contributed by atoms with Crippen LogP contribution in [-0.4, -0.2) is 23.2 Å². The molecule has 0 unspecified atom stereocenters. The number of nitrogen functional groups attached to an aromatic ring is 1. The fraction of sp³-hybridized carbons (Fsp3) is 0.364. The number of hydrogen-bond acceptors (Lipinski definition) is 3. The van der Waals surface area contributed by atoms with Gasteiger partial charge in [0.25, 0.3) is 5.91 Å². The van der Waals surface area contributed by atoms with E-state index < -0.39 is 5.60 Å². The molecule has 0 radical (unpaired) electrons. The van der Waals surface area contributed by atoms with E-state index in [1.54, 1.807) is 32.0 Å². The van der Waals surface area contributed by atoms with E-state index in [1.807, 2.05) is 0 Å². The maximum Gasteiger partial charge on any atom is 0.253 e. The Kier molecular flexibility index (Phi) is 3.93. The second-order valence-corrected chi connectivity index (χ2v) is 5.14. The first-order chi connectivity index (χ1) is 7.29. The van der Waals surface area contributed by atoms with Crippen LogP contribution >= 0.6 is 15.9 Å². The van der Waals surface area contributed by atoms with Gasteiger partial charge in [0, 0.05) is 16.7 Å². The number of aliphatic hydroxyl groups is 1. The summed E-state index contributed by atoms with van der Waals surface area (Å²) in [6, 6.07) is 5.07. The summed E-state index contributed by atoms with van der Waals surface area (Å²) in [4.78, 5) is 11.7. The highest BCUT2D eigenvalue weighted by Crippen LogP contribution is 2.18. The van der Waals surface area contributed by atoms with E-state index in [9.17, 15) is 9.90 Å². The van der Waals surface area contributed by atoms with Crippen molar-refractivity contribution in [2.24, 2.45) is 0 Å². The van der Waals surface area contributed by atoms with Gasteiger partial charge in [0.05, 0.1) is 11.2 Å². The van der Waals surface area contributed by atoms with Crippen LogP contribution in [0.5, 0.6) is 0 Å². The van der Waals surface area contributed by atoms with Gasteiger partial charge in [-0.2, -0.15) is 0 Å². The number of halogens is 1. The average Bonchev–Trinajstić information content (AvgIpc) is 2.17. The monoisotopic (exact) mass is 286 g/mol. The lowest BCUT2D eigenvalue weighted by Gasteiger charge is -2.18. The SMILES string of the molecule is CC(C)(O)CNC(=O)c1cc(Br)ccc1N. The molecule has 0 saturated heterocycles. The molecule has 0 aliphatic carbocycles. The highest BCUT2D eigenvalue weighted by atomic mass is 79.9. The van der Waals surface area contributed by atoms with Crippen molar-refractivity contribution in [3.8, 4) is 0 Å². The lowest BCUT2D eigenvalue weighted by atomic mass is 10.1. The average molecular weight is 287 g/mol. The molecule has 0 saturated carbocycles. The molecule has 0 atom stereocenters. The maximum atomic E-state index is 11.7. The Hall–Kier alpha value is -1.07. The molecule has 0 aromatic heterocycles. The molecular formula is C11H15BrN2O2. The Morgan fingerprint density at radius 1 is 1.56 bits per heavy atom. The molecule has 0 aliphatic heterocycles. The zero-order chi connectivity index (χ0) is 12.3. The van der Waals surface area contributed by atoms with E-state index in [2.05, 4.69) is 21.2 Å². The van der Waals surface area contributed by atoms with Crippen molar-refractivity contribution in [2.45, 2.75) is 19.4 Å². The molecule has 4 nitrogen and oxygen atoms in total. The summed E-state index contributed by atoms with van der Waals surface area (Å²) in [6.07, 6.45) is 0. The summed E-state index contributed by atoms with van der Waals surface area (Å²) >= 11 is 3.27. The number of carbonyl (C=O) groups excluding carboxylic acids is 1. The fourth-order valence-electron chi connectivity index (χ4n) is 1.12. The Morgan fingerprint density at radius 3 is 2.75 bits per heavy atom. The quantitative estimate of drug-likeness (QED) is 0.738. The smallest absolute Gasteiger partial charge is 0.253 e. The number of amides is 1. The number of nitrogens with one attached hydrogen (secondary N) is 1. The molecule has 0 heterocycles. The van der Waals surface area contributed by atoms with Gasteiger partial charge in [0.1, 0.15) is 0 Å². The minimum absolute atomic E-state index is 0.178. The van der Waals surface area contributed by atoms with Crippen LogP contribution in [0.25, 0.3) is 0 Å². The third kappa shape index (κ3) is 3.83. The first kappa shape index (κ1) is 13.0. The predicted molar refractivity (Wildman–Crippen MR) is 67.2 cm³/mol. The summed E-state index contributed by atoms with van der Waals surface area (Å²) in [5.41, 5.74) is 5.57. The molecule has 1 aromatic carbocycles. The minimum atomic E-state index is -0.934. The second-order valence-electron chi connectivity index (χ2n) is 4.23. The van der Waals surface area contributed by atoms with Crippen LogP contribution < -0.4 is 11.1 Å². The first-order valence-corrected chi connectivity index (χ1v) is 5.64. The predicted octanol–water partition coefficient (Wildman–Crippen LogP) is 1.53. The van der Waals surface area contributed by atoms with E-state index in [1.165, 1.54) is 0 Å². The van der Waals surface area contributed by atoms with Crippen LogP contribution in [0, 0.1) is 0 Å². The minimum Gasteiger partial charge on any atom is -0.398 e. The van der Waals surface area contributed by atoms with E-state index in [0.29, 0.717) is 11.3 Å². The van der Waals surface area contributed by atoms with Crippen molar-refractivity contribution < 1.29 is 9.90 Å². The number of carbonyl (C=O) groups is 1. The van der Waals surface area contributed by atoms with E-state index in [-0.39, 0.29) is 12.5 Å². The van der Waals surface area contributed by atoms with Gasteiger partial charge in [0.15, 0.2) is 0 Å². The highest BCUT2D eigenvalue weighted by Gasteiger charge is 2.16. The van der Waals surface area contributed by atoms with Crippen molar-refractivity contribution >= 4 is 27.5 Å². The molecule has 1 aromatic rings. The number of nitrogens with two attached hydrogens (primary N) is 1. The lowest BCUT2D eigenvalue weighted by molar-refractivity contribution is 0.0694. The molecular weight excluding hydrogens is 272 g/mol. The molecule has 0 bridgehead atoms. The molecule has 0 aliphatic rings. The standard InChI is InChI=1S/C11H15BrN2O2/c1-11(2,16)6-14-10(15)8-5-7(12)3-4-9(8)13/h3-5,16H,6,13H2,1-2H3,(H,14,15). The van der Waals surface area contributed by atoms with Gasteiger partial charge in [-0.3, -0.25) is 4.79 Å². The largest absolute Gasteiger partial charge is 0.398 e. The molecule has 0 fully saturated rings. The molecule has 1 rings (SSSR count). The topological polar surface area (TPSA) is 75.3 Å². The summed E-state index contributed by atoms with van der Waals surface area (Å²) < 4.78 is 0.787. The van der Waals surface area contributed by atoms with Crippen LogP contribution in [0.3, 0.4) is 0 Å². The second kappa shape index (κ2) is 4.84. The lowest BCUT2D eigenvalue weighted by Crippen LogP contribution is -2.38. The van der Waals surface area contributed by atoms with Crippen LogP contribution in [0.4, 0.5) is 5.69 Å². The molecule has 88 valence electrons. The van der Waals surface area contributed by atoms with Crippen LogP contribution in [0.2, 0.25) is 0 Å². The fourth-order valence-corrected chi connectivity index (χ4v) is 1.48. The molecule has 16 heavy (non-hydrogen) atoms. The third-order valence-corrected chi connectivity index (χ3v) is 2.43. The van der Waals surface area contributed by atoms with Gasteiger partial charge in [-0.05, 0) is 32.0 Å². The molecule has 1 amide bonds. The number of rotatable bonds is 3. The number of hydrogen-bond donors (Lipinski definition) is 3. The van der Waals surface area contributed by atoms with Gasteiger partial charge in [0.2, 0.25) is 0 Å². The number of benzene rings is 1. The molecule has 5 heteroatoms. The summed E-state index contributed by atoms with van der Waals surface area (Å²) in [5.74, 6) is -0.291. The van der Waals surface area contributed by atoms with Crippen molar-refractivity contribution in [2.75, 3.05) is 12.3 Å². The summed E-state index contributed by atoms with van der Waals surface area (Å²) in [7, 11) is 0. The van der Waals surface area contributed by atoms with Gasteiger partial charge in [-0.1, -0.05) is 15.9 Å². The Balaban J connectivity index is 2.77. The molecule has 4 N–H and O–H groups in total. The van der Waals surface area contributed by atoms with Crippen LogP contribution in [-0.2, 0) is 0 Å². The zero-order valence-corrected chi connectivity index (χ0v) is 10.8. The Labute approximate surface area is 103 Å². The highest BCUT2D eigenvalue weighted by molar-refractivity contribution is 9.10. The molecule has 0 spiro atoms. The Morgan fingerprint density at radius 2 is 2.19 bits per heavy atom. The van der Waals surface area contributed by atoms with Crippen LogP contribution in [0.1, 0.15) is 24.2 Å². The maximum absolute atomic E-state index is 11.7. The van der Waals surface area contributed by atoms with E-state index in [0.717, 1.165) is 4.47 Å². The van der Waals surface area contributed by atoms with E-state index >= 15 is 0 Å². The number of anilines is 1.